The molecule has 15 nitrogen and oxygen atoms in total. The van der Waals surface area contributed by atoms with Crippen LogP contribution in [0.3, 0.4) is 0 Å². The number of nitrogen functional groups attached to an aromatic ring is 1. The van der Waals surface area contributed by atoms with E-state index in [0.717, 1.165) is 4.57 Å². The Morgan fingerprint density at radius 2 is 2.07 bits per heavy atom. The number of aliphatic hydroxyl groups is 2. The average molecular weight is 402 g/mol. The number of aryl methyl sites for hydroxylation is 1. The number of phosphoric ester groups is 1. The number of azide groups is 1. The maximum Gasteiger partial charge on any atom is 0.469 e. The van der Waals surface area contributed by atoms with Gasteiger partial charge in [-0.1, -0.05) is 0 Å². The maximum atomic E-state index is 10.8. The molecule has 27 heavy (non-hydrogen) atoms. The lowest BCUT2D eigenvalue weighted by Gasteiger charge is -2.18. The van der Waals surface area contributed by atoms with Crippen molar-refractivity contribution in [3.05, 3.63) is 16.3 Å². The normalized spacial score (nSPS) is 25.7. The first-order valence-electron chi connectivity index (χ1n) is 7.41. The van der Waals surface area contributed by atoms with Crippen LogP contribution in [0.4, 0.5) is 11.8 Å². The lowest BCUT2D eigenvalue weighted by molar-refractivity contribution is -0.0495. The van der Waals surface area contributed by atoms with Crippen LogP contribution in [0.25, 0.3) is 21.6 Å². The third kappa shape index (κ3) is 3.71. The number of imidazole rings is 1. The minimum atomic E-state index is -4.81. The van der Waals surface area contributed by atoms with Crippen LogP contribution in [0.15, 0.2) is 5.11 Å². The predicted octanol–water partition coefficient (Wildman–Crippen LogP) is -0.613. The largest absolute Gasteiger partial charge is 0.469 e. The number of hydrogen-bond donors (Lipinski definition) is 5. The molecule has 0 radical (unpaired) electrons. The van der Waals surface area contributed by atoms with Crippen molar-refractivity contribution in [1.29, 1.82) is 0 Å². The van der Waals surface area contributed by atoms with Gasteiger partial charge < -0.3 is 30.5 Å². The molecule has 1 aliphatic heterocycles. The summed E-state index contributed by atoms with van der Waals surface area (Å²) in [6.45, 7) is 0.858. The molecule has 0 aromatic carbocycles. The number of fused-ring (bicyclic) bond motifs is 1. The van der Waals surface area contributed by atoms with Crippen molar-refractivity contribution in [2.45, 2.75) is 31.5 Å². The van der Waals surface area contributed by atoms with Crippen molar-refractivity contribution in [1.82, 2.24) is 19.5 Å². The highest BCUT2D eigenvalue weighted by Crippen LogP contribution is 2.40. The zero-order chi connectivity index (χ0) is 19.9. The summed E-state index contributed by atoms with van der Waals surface area (Å²) in [5.41, 5.74) is 14.7. The number of phosphoric acid groups is 1. The first-order chi connectivity index (χ1) is 12.6. The molecule has 0 unspecified atom stereocenters. The van der Waals surface area contributed by atoms with E-state index in [1.54, 1.807) is 6.92 Å². The quantitative estimate of drug-likeness (QED) is 0.183. The zero-order valence-electron chi connectivity index (χ0n) is 13.7. The van der Waals surface area contributed by atoms with Crippen LogP contribution >= 0.6 is 7.82 Å². The Kier molecular flexibility index (Phi) is 5.03. The van der Waals surface area contributed by atoms with E-state index in [9.17, 15) is 14.8 Å². The van der Waals surface area contributed by atoms with Gasteiger partial charge in [0.1, 0.15) is 24.1 Å². The molecule has 3 rings (SSSR count). The fourth-order valence-electron chi connectivity index (χ4n) is 2.69. The average Bonchev–Trinajstić information content (AvgIpc) is 3.04. The number of aliphatic hydroxyl groups excluding tert-OH is 2. The summed E-state index contributed by atoms with van der Waals surface area (Å²) in [7, 11) is -4.81. The summed E-state index contributed by atoms with van der Waals surface area (Å²) in [6, 6.07) is 0. The Morgan fingerprint density at radius 1 is 1.37 bits per heavy atom. The zero-order valence-corrected chi connectivity index (χ0v) is 14.6. The monoisotopic (exact) mass is 402 g/mol. The molecule has 2 aromatic rings. The van der Waals surface area contributed by atoms with Gasteiger partial charge >= 0.3 is 7.82 Å². The Bertz CT molecular complexity index is 969. The van der Waals surface area contributed by atoms with E-state index < -0.39 is 39.0 Å². The number of nitrogens with two attached hydrogens (primary N) is 1. The van der Waals surface area contributed by atoms with Crippen molar-refractivity contribution in [3.8, 4) is 0 Å². The topological polar surface area (TPSA) is 235 Å². The van der Waals surface area contributed by atoms with E-state index in [-0.39, 0.29) is 28.8 Å². The molecule has 2 aromatic heterocycles. The molecule has 6 N–H and O–H groups in total. The van der Waals surface area contributed by atoms with E-state index >= 15 is 0 Å². The van der Waals surface area contributed by atoms with Gasteiger partial charge in [0.15, 0.2) is 23.2 Å². The summed E-state index contributed by atoms with van der Waals surface area (Å²) in [5, 5.41) is 23.9. The van der Waals surface area contributed by atoms with E-state index in [4.69, 9.17) is 25.8 Å². The lowest BCUT2D eigenvalue weighted by atomic mass is 10.1. The number of nitrogens with zero attached hydrogens (tertiary/aromatic N) is 7. The van der Waals surface area contributed by atoms with Crippen molar-refractivity contribution in [3.63, 3.8) is 0 Å². The van der Waals surface area contributed by atoms with E-state index in [0.29, 0.717) is 0 Å². The van der Waals surface area contributed by atoms with Gasteiger partial charge in [-0.15, -0.1) is 0 Å². The van der Waals surface area contributed by atoms with Gasteiger partial charge in [0, 0.05) is 4.91 Å². The first-order valence-corrected chi connectivity index (χ1v) is 8.94. The Labute approximate surface area is 150 Å². The highest BCUT2D eigenvalue weighted by atomic mass is 31.2. The van der Waals surface area contributed by atoms with Crippen molar-refractivity contribution in [2.24, 2.45) is 5.11 Å². The minimum absolute atomic E-state index is 0.0000536. The number of ether oxygens (including phenoxy) is 1. The van der Waals surface area contributed by atoms with Gasteiger partial charge in [-0.2, -0.15) is 0 Å². The Hall–Kier alpha value is -2.35. The molecule has 1 fully saturated rings. The van der Waals surface area contributed by atoms with Crippen LogP contribution < -0.4 is 5.73 Å². The highest BCUT2D eigenvalue weighted by Gasteiger charge is 2.46. The fraction of sp³-hybridized carbons (Fsp3) is 0.545. The third-order valence-corrected chi connectivity index (χ3v) is 4.28. The van der Waals surface area contributed by atoms with Crippen LogP contribution in [0.1, 0.15) is 12.1 Å². The molecule has 3 heterocycles. The van der Waals surface area contributed by atoms with Crippen LogP contribution in [-0.2, 0) is 13.8 Å². The van der Waals surface area contributed by atoms with Gasteiger partial charge in [-0.05, 0) is 17.6 Å². The minimum Gasteiger partial charge on any atom is -0.387 e. The molecule has 1 saturated heterocycles. The van der Waals surface area contributed by atoms with Crippen molar-refractivity contribution < 1.29 is 33.8 Å². The van der Waals surface area contributed by atoms with Crippen LogP contribution in [0, 0.1) is 6.92 Å². The standard InChI is InChI=1S/C11H15N8O7P/c1-3-14-8(12)5-9(15-3)19(11(16-5)17-18-13)10-7(21)6(20)4(26-10)2-25-27(22,23)24/h4,6-7,10,20-21H,2H2,1H3,(H2,12,14,15)(H2,22,23,24)/t4-,6-,7-,10-/m1/s1. The molecule has 0 saturated carbocycles. The molecule has 146 valence electrons. The lowest BCUT2D eigenvalue weighted by Crippen LogP contribution is -2.33. The van der Waals surface area contributed by atoms with Gasteiger partial charge in [-0.3, -0.25) is 9.09 Å². The van der Waals surface area contributed by atoms with Gasteiger partial charge in [0.25, 0.3) is 0 Å². The summed E-state index contributed by atoms with van der Waals surface area (Å²) in [6.07, 6.45) is -5.76. The van der Waals surface area contributed by atoms with Crippen LogP contribution in [0.5, 0.6) is 0 Å². The molecular weight excluding hydrogens is 387 g/mol. The smallest absolute Gasteiger partial charge is 0.387 e. The summed E-state index contributed by atoms with van der Waals surface area (Å²) in [5.74, 6) is 0.00928. The molecular formula is C11H15N8O7P. The molecule has 0 aliphatic carbocycles. The molecule has 0 bridgehead atoms. The SMILES string of the molecule is Cc1nc(N)c2nc(N=[N+]=[N-])n([C@@H]3O[C@H](COP(=O)(O)O)[C@@H](O)[C@H]3O)c2n1. The molecule has 0 spiro atoms. The Balaban J connectivity index is 2.04. The second-order valence-electron chi connectivity index (χ2n) is 5.63. The van der Waals surface area contributed by atoms with Crippen LogP contribution in [-0.4, -0.2) is 64.4 Å². The Morgan fingerprint density at radius 3 is 2.70 bits per heavy atom. The summed E-state index contributed by atoms with van der Waals surface area (Å²) in [4.78, 5) is 32.3. The molecule has 0 amide bonds. The summed E-state index contributed by atoms with van der Waals surface area (Å²) < 4.78 is 21.8. The number of anilines is 1. The second-order valence-corrected chi connectivity index (χ2v) is 6.87. The molecule has 1 aliphatic rings. The molecule has 16 heteroatoms. The highest BCUT2D eigenvalue weighted by molar-refractivity contribution is 7.46. The van der Waals surface area contributed by atoms with Crippen molar-refractivity contribution >= 4 is 30.8 Å². The number of aromatic nitrogens is 4. The predicted molar refractivity (Wildman–Crippen MR) is 87.2 cm³/mol. The second kappa shape index (κ2) is 6.99. The van der Waals surface area contributed by atoms with Gasteiger partial charge in [0.05, 0.1) is 6.61 Å². The molecule has 4 atom stereocenters. The fourth-order valence-corrected chi connectivity index (χ4v) is 3.03. The summed E-state index contributed by atoms with van der Waals surface area (Å²) >= 11 is 0. The van der Waals surface area contributed by atoms with Crippen LogP contribution in [0.2, 0.25) is 0 Å². The first kappa shape index (κ1) is 19.4. The maximum absolute atomic E-state index is 10.8. The van der Waals surface area contributed by atoms with E-state index in [1.807, 2.05) is 0 Å². The van der Waals surface area contributed by atoms with Gasteiger partial charge in [-0.25, -0.2) is 19.5 Å². The number of rotatable bonds is 5. The van der Waals surface area contributed by atoms with E-state index in [1.165, 1.54) is 0 Å². The van der Waals surface area contributed by atoms with Gasteiger partial charge in [0.2, 0.25) is 5.95 Å². The third-order valence-electron chi connectivity index (χ3n) is 3.79. The van der Waals surface area contributed by atoms with Crippen molar-refractivity contribution in [2.75, 3.05) is 12.3 Å². The number of hydrogen-bond acceptors (Lipinski definition) is 10. The van der Waals surface area contributed by atoms with E-state index in [2.05, 4.69) is 29.5 Å².